The lowest BCUT2D eigenvalue weighted by Gasteiger charge is -2.26. The van der Waals surface area contributed by atoms with Crippen LogP contribution in [0.15, 0.2) is 12.4 Å². The Bertz CT molecular complexity index is 525. The molecule has 24 heavy (non-hydrogen) atoms. The summed E-state index contributed by atoms with van der Waals surface area (Å²) in [6.45, 7) is 6.91. The van der Waals surface area contributed by atoms with Gasteiger partial charge in [0.2, 0.25) is 0 Å². The van der Waals surface area contributed by atoms with Crippen LogP contribution in [0.5, 0.6) is 0 Å². The SMILES string of the molecule is O=C(NCCN1CCOCC1)c1cc(N2CCCCCC2)ncn1. The van der Waals surface area contributed by atoms with Crippen LogP contribution in [0, 0.1) is 0 Å². The Hall–Kier alpha value is -1.73. The average Bonchev–Trinajstić information content (AvgIpc) is 2.92. The molecule has 3 heterocycles. The van der Waals surface area contributed by atoms with E-state index in [-0.39, 0.29) is 5.91 Å². The molecule has 0 atom stereocenters. The molecule has 0 saturated carbocycles. The van der Waals surface area contributed by atoms with Gasteiger partial charge in [-0.05, 0) is 12.8 Å². The predicted molar refractivity (Wildman–Crippen MR) is 92.3 cm³/mol. The summed E-state index contributed by atoms with van der Waals surface area (Å²) in [5.41, 5.74) is 0.450. The van der Waals surface area contributed by atoms with Crippen molar-refractivity contribution < 1.29 is 9.53 Å². The van der Waals surface area contributed by atoms with Crippen LogP contribution >= 0.6 is 0 Å². The summed E-state index contributed by atoms with van der Waals surface area (Å²) in [5.74, 6) is 0.743. The van der Waals surface area contributed by atoms with Crippen molar-refractivity contribution >= 4 is 11.7 Å². The lowest BCUT2D eigenvalue weighted by molar-refractivity contribution is 0.0383. The highest BCUT2D eigenvalue weighted by molar-refractivity contribution is 5.92. The van der Waals surface area contributed by atoms with Crippen LogP contribution in [0.4, 0.5) is 5.82 Å². The third-order valence-electron chi connectivity index (χ3n) is 4.63. The number of nitrogens with one attached hydrogen (secondary N) is 1. The van der Waals surface area contributed by atoms with Crippen LogP contribution in [-0.4, -0.2) is 73.3 Å². The molecule has 3 rings (SSSR count). The van der Waals surface area contributed by atoms with Gasteiger partial charge in [0.25, 0.3) is 5.91 Å². The van der Waals surface area contributed by atoms with Crippen LogP contribution < -0.4 is 10.2 Å². The van der Waals surface area contributed by atoms with Gasteiger partial charge in [-0.2, -0.15) is 0 Å². The molecule has 0 aromatic carbocycles. The van der Waals surface area contributed by atoms with Gasteiger partial charge in [0.15, 0.2) is 0 Å². The Morgan fingerprint density at radius 1 is 1.08 bits per heavy atom. The molecule has 0 radical (unpaired) electrons. The minimum atomic E-state index is -0.123. The van der Waals surface area contributed by atoms with E-state index in [9.17, 15) is 4.79 Å². The van der Waals surface area contributed by atoms with Gasteiger partial charge in [-0.25, -0.2) is 9.97 Å². The molecule has 1 N–H and O–H groups in total. The van der Waals surface area contributed by atoms with Crippen LogP contribution in [0.25, 0.3) is 0 Å². The maximum absolute atomic E-state index is 12.3. The number of morpholine rings is 1. The molecular formula is C17H27N5O2. The Kier molecular flexibility index (Phi) is 6.37. The van der Waals surface area contributed by atoms with Gasteiger partial charge in [0, 0.05) is 45.3 Å². The van der Waals surface area contributed by atoms with Crippen LogP contribution in [0.2, 0.25) is 0 Å². The summed E-state index contributed by atoms with van der Waals surface area (Å²) in [4.78, 5) is 25.4. The topological polar surface area (TPSA) is 70.6 Å². The van der Waals surface area contributed by atoms with Crippen molar-refractivity contribution in [2.24, 2.45) is 0 Å². The highest BCUT2D eigenvalue weighted by Crippen LogP contribution is 2.17. The van der Waals surface area contributed by atoms with Gasteiger partial charge in [-0.3, -0.25) is 9.69 Å². The number of nitrogens with zero attached hydrogens (tertiary/aromatic N) is 4. The maximum atomic E-state index is 12.3. The third-order valence-corrected chi connectivity index (χ3v) is 4.63. The van der Waals surface area contributed by atoms with Gasteiger partial charge in [0.05, 0.1) is 13.2 Å². The molecule has 132 valence electrons. The van der Waals surface area contributed by atoms with Crippen molar-refractivity contribution in [3.05, 3.63) is 18.1 Å². The molecule has 2 saturated heterocycles. The molecule has 7 nitrogen and oxygen atoms in total. The van der Waals surface area contributed by atoms with E-state index in [1.165, 1.54) is 32.0 Å². The average molecular weight is 333 g/mol. The molecule has 2 aliphatic heterocycles. The van der Waals surface area contributed by atoms with Crippen molar-refractivity contribution in [3.8, 4) is 0 Å². The molecule has 2 fully saturated rings. The largest absolute Gasteiger partial charge is 0.379 e. The molecule has 0 spiro atoms. The zero-order valence-electron chi connectivity index (χ0n) is 14.2. The molecule has 7 heteroatoms. The first-order chi connectivity index (χ1) is 11.8. The summed E-state index contributed by atoms with van der Waals surface area (Å²) in [7, 11) is 0. The summed E-state index contributed by atoms with van der Waals surface area (Å²) in [6.07, 6.45) is 6.42. The second-order valence-electron chi connectivity index (χ2n) is 6.37. The predicted octanol–water partition coefficient (Wildman–Crippen LogP) is 0.919. The normalized spacial score (nSPS) is 19.8. The van der Waals surface area contributed by atoms with E-state index in [1.807, 2.05) is 6.07 Å². The van der Waals surface area contributed by atoms with E-state index in [2.05, 4.69) is 25.1 Å². The van der Waals surface area contributed by atoms with E-state index in [4.69, 9.17) is 4.74 Å². The smallest absolute Gasteiger partial charge is 0.270 e. The Balaban J connectivity index is 1.51. The van der Waals surface area contributed by atoms with Gasteiger partial charge >= 0.3 is 0 Å². The number of carbonyl (C=O) groups excluding carboxylic acids is 1. The Morgan fingerprint density at radius 3 is 2.58 bits per heavy atom. The summed E-state index contributed by atoms with van der Waals surface area (Å²) in [6, 6.07) is 1.81. The maximum Gasteiger partial charge on any atom is 0.270 e. The van der Waals surface area contributed by atoms with Crippen molar-refractivity contribution in [1.29, 1.82) is 0 Å². The standard InChI is InChI=1S/C17H27N5O2/c23-17(18-5-8-21-9-11-24-12-10-21)15-13-16(20-14-19-15)22-6-3-1-2-4-7-22/h13-14H,1-12H2,(H,18,23). The third kappa shape index (κ3) is 4.88. The van der Waals surface area contributed by atoms with E-state index in [1.54, 1.807) is 0 Å². The molecule has 0 bridgehead atoms. The number of carbonyl (C=O) groups is 1. The lowest BCUT2D eigenvalue weighted by Crippen LogP contribution is -2.41. The number of hydrogen-bond donors (Lipinski definition) is 1. The van der Waals surface area contributed by atoms with E-state index in [0.29, 0.717) is 12.2 Å². The number of aromatic nitrogens is 2. The monoisotopic (exact) mass is 333 g/mol. The van der Waals surface area contributed by atoms with Gasteiger partial charge in [-0.15, -0.1) is 0 Å². The van der Waals surface area contributed by atoms with Crippen molar-refractivity contribution in [3.63, 3.8) is 0 Å². The molecule has 1 aromatic rings. The Morgan fingerprint density at radius 2 is 1.83 bits per heavy atom. The van der Waals surface area contributed by atoms with E-state index >= 15 is 0 Å². The highest BCUT2D eigenvalue weighted by atomic mass is 16.5. The molecule has 1 aromatic heterocycles. The molecule has 0 aliphatic carbocycles. The fourth-order valence-electron chi connectivity index (χ4n) is 3.19. The second-order valence-corrected chi connectivity index (χ2v) is 6.37. The number of ether oxygens (including phenoxy) is 1. The van der Waals surface area contributed by atoms with Gasteiger partial charge < -0.3 is 15.0 Å². The first-order valence-electron chi connectivity index (χ1n) is 8.98. The molecule has 1 amide bonds. The van der Waals surface area contributed by atoms with Crippen LogP contribution in [0.1, 0.15) is 36.2 Å². The van der Waals surface area contributed by atoms with Gasteiger partial charge in [0.1, 0.15) is 17.8 Å². The first-order valence-corrected chi connectivity index (χ1v) is 8.98. The zero-order valence-corrected chi connectivity index (χ0v) is 14.2. The van der Waals surface area contributed by atoms with E-state index in [0.717, 1.165) is 51.8 Å². The number of amides is 1. The number of rotatable bonds is 5. The van der Waals surface area contributed by atoms with Crippen LogP contribution in [-0.2, 0) is 4.74 Å². The first kappa shape index (κ1) is 17.1. The number of hydrogen-bond acceptors (Lipinski definition) is 6. The molecular weight excluding hydrogens is 306 g/mol. The van der Waals surface area contributed by atoms with Crippen LogP contribution in [0.3, 0.4) is 0 Å². The molecule has 2 aliphatic rings. The fourth-order valence-corrected chi connectivity index (χ4v) is 3.19. The summed E-state index contributed by atoms with van der Waals surface area (Å²) < 4.78 is 5.33. The summed E-state index contributed by atoms with van der Waals surface area (Å²) >= 11 is 0. The fraction of sp³-hybridized carbons (Fsp3) is 0.706. The minimum Gasteiger partial charge on any atom is -0.379 e. The molecule has 0 unspecified atom stereocenters. The number of anilines is 1. The van der Waals surface area contributed by atoms with Crippen molar-refractivity contribution in [2.45, 2.75) is 25.7 Å². The van der Waals surface area contributed by atoms with Gasteiger partial charge in [-0.1, -0.05) is 12.8 Å². The quantitative estimate of drug-likeness (QED) is 0.864. The van der Waals surface area contributed by atoms with E-state index < -0.39 is 0 Å². The Labute approximate surface area is 143 Å². The van der Waals surface area contributed by atoms with Crippen molar-refractivity contribution in [2.75, 3.05) is 57.4 Å². The zero-order chi connectivity index (χ0) is 16.6. The van der Waals surface area contributed by atoms with Crippen molar-refractivity contribution in [1.82, 2.24) is 20.2 Å². The highest BCUT2D eigenvalue weighted by Gasteiger charge is 2.15. The lowest BCUT2D eigenvalue weighted by atomic mass is 10.2. The minimum absolute atomic E-state index is 0.123. The second kappa shape index (κ2) is 8.94. The summed E-state index contributed by atoms with van der Waals surface area (Å²) in [5, 5.41) is 2.96.